The maximum Gasteiger partial charge on any atom is 0.371 e. The van der Waals surface area contributed by atoms with Crippen molar-refractivity contribution in [1.29, 1.82) is 0 Å². The molecule has 0 fully saturated rings. The number of carboxylic acid groups (broad SMARTS) is 1. The lowest BCUT2D eigenvalue weighted by Gasteiger charge is -2.07. The Morgan fingerprint density at radius 3 is 2.78 bits per heavy atom. The highest BCUT2D eigenvalue weighted by atomic mass is 79.9. The molecule has 6 heteroatoms. The highest BCUT2D eigenvalue weighted by Gasteiger charge is 2.10. The molecule has 0 atom stereocenters. The van der Waals surface area contributed by atoms with Gasteiger partial charge in [-0.15, -0.1) is 0 Å². The summed E-state index contributed by atoms with van der Waals surface area (Å²) < 4.78 is 19.1. The Balaban J connectivity index is 2.09. The molecule has 94 valence electrons. The first kappa shape index (κ1) is 12.6. The van der Waals surface area contributed by atoms with Gasteiger partial charge in [0.15, 0.2) is 0 Å². The van der Waals surface area contributed by atoms with E-state index in [9.17, 15) is 9.18 Å². The fraction of sp³-hybridized carbons (Fsp3) is 0.0833. The largest absolute Gasteiger partial charge is 0.475 e. The Morgan fingerprint density at radius 1 is 1.39 bits per heavy atom. The summed E-state index contributed by atoms with van der Waals surface area (Å²) in [6.45, 7) is 0.201. The zero-order valence-corrected chi connectivity index (χ0v) is 10.7. The van der Waals surface area contributed by atoms with Gasteiger partial charge < -0.3 is 14.8 Å². The minimum Gasteiger partial charge on any atom is -0.475 e. The molecule has 0 saturated carbocycles. The van der Waals surface area contributed by atoms with Crippen LogP contribution in [-0.2, 0) is 6.54 Å². The monoisotopic (exact) mass is 313 g/mol. The summed E-state index contributed by atoms with van der Waals surface area (Å²) >= 11 is 3.22. The molecule has 18 heavy (non-hydrogen) atoms. The van der Waals surface area contributed by atoms with Crippen LogP contribution < -0.4 is 5.32 Å². The molecule has 2 rings (SSSR count). The van der Waals surface area contributed by atoms with Crippen molar-refractivity contribution in [1.82, 2.24) is 0 Å². The first-order valence-corrected chi connectivity index (χ1v) is 5.87. The molecule has 2 N–H and O–H groups in total. The molecule has 0 aliphatic rings. The van der Waals surface area contributed by atoms with Crippen LogP contribution in [0, 0.1) is 5.82 Å². The molecule has 1 heterocycles. The third-order valence-electron chi connectivity index (χ3n) is 2.27. The van der Waals surface area contributed by atoms with Gasteiger partial charge in [-0.1, -0.05) is 6.07 Å². The second-order valence-electron chi connectivity index (χ2n) is 3.52. The highest BCUT2D eigenvalue weighted by molar-refractivity contribution is 9.10. The van der Waals surface area contributed by atoms with E-state index in [2.05, 4.69) is 21.2 Å². The summed E-state index contributed by atoms with van der Waals surface area (Å²) in [4.78, 5) is 10.6. The fourth-order valence-corrected chi connectivity index (χ4v) is 1.91. The highest BCUT2D eigenvalue weighted by Crippen LogP contribution is 2.25. The number of halogens is 2. The number of nitrogens with one attached hydrogen (secondary N) is 1. The van der Waals surface area contributed by atoms with E-state index in [4.69, 9.17) is 9.52 Å². The first-order chi connectivity index (χ1) is 8.58. The molecule has 0 aliphatic carbocycles. The Bertz CT molecular complexity index is 562. The number of aromatic carboxylic acids is 1. The molecule has 0 bridgehead atoms. The van der Waals surface area contributed by atoms with Gasteiger partial charge in [0, 0.05) is 4.47 Å². The van der Waals surface area contributed by atoms with Crippen LogP contribution in [0.5, 0.6) is 0 Å². The molecule has 0 unspecified atom stereocenters. The summed E-state index contributed by atoms with van der Waals surface area (Å²) in [5.41, 5.74) is 0.311. The zero-order valence-electron chi connectivity index (χ0n) is 9.11. The number of furan rings is 1. The van der Waals surface area contributed by atoms with E-state index in [1.807, 2.05) is 0 Å². The summed E-state index contributed by atoms with van der Waals surface area (Å²) in [5, 5.41) is 11.5. The van der Waals surface area contributed by atoms with Crippen LogP contribution >= 0.6 is 15.9 Å². The number of rotatable bonds is 4. The molecule has 4 nitrogen and oxygen atoms in total. The number of carbonyl (C=O) groups is 1. The maximum atomic E-state index is 13.5. The van der Waals surface area contributed by atoms with Gasteiger partial charge in [-0.3, -0.25) is 0 Å². The van der Waals surface area contributed by atoms with E-state index in [1.54, 1.807) is 12.1 Å². The molecule has 2 aromatic rings. The first-order valence-electron chi connectivity index (χ1n) is 5.08. The lowest BCUT2D eigenvalue weighted by Crippen LogP contribution is -2.01. The minimum atomic E-state index is -1.13. The van der Waals surface area contributed by atoms with Crippen molar-refractivity contribution in [3.05, 3.63) is 52.1 Å². The van der Waals surface area contributed by atoms with Crippen LogP contribution in [0.15, 0.2) is 39.2 Å². The summed E-state index contributed by atoms with van der Waals surface area (Å²) in [6, 6.07) is 7.51. The molecule has 1 aromatic carbocycles. The third-order valence-corrected chi connectivity index (χ3v) is 2.94. The number of carboxylic acids is 1. The van der Waals surface area contributed by atoms with Crippen LogP contribution in [0.4, 0.5) is 10.1 Å². The molecule has 1 aromatic heterocycles. The van der Waals surface area contributed by atoms with Gasteiger partial charge in [0.25, 0.3) is 0 Å². The topological polar surface area (TPSA) is 62.5 Å². The number of anilines is 1. The van der Waals surface area contributed by atoms with Gasteiger partial charge in [-0.25, -0.2) is 9.18 Å². The van der Waals surface area contributed by atoms with E-state index in [0.717, 1.165) is 0 Å². The van der Waals surface area contributed by atoms with E-state index < -0.39 is 11.8 Å². The summed E-state index contributed by atoms with van der Waals surface area (Å²) in [7, 11) is 0. The van der Waals surface area contributed by atoms with E-state index in [0.29, 0.717) is 15.9 Å². The number of benzene rings is 1. The third kappa shape index (κ3) is 2.70. The van der Waals surface area contributed by atoms with Crippen LogP contribution in [0.25, 0.3) is 0 Å². The van der Waals surface area contributed by atoms with E-state index >= 15 is 0 Å². The quantitative estimate of drug-likeness (QED) is 0.907. The predicted molar refractivity (Wildman–Crippen MR) is 67.1 cm³/mol. The predicted octanol–water partition coefficient (Wildman–Crippen LogP) is 3.49. The van der Waals surface area contributed by atoms with Crippen LogP contribution in [0.1, 0.15) is 16.3 Å². The lowest BCUT2D eigenvalue weighted by atomic mass is 10.3. The second-order valence-corrected chi connectivity index (χ2v) is 4.38. The molecule has 0 aliphatic heterocycles. The van der Waals surface area contributed by atoms with Gasteiger partial charge in [-0.2, -0.15) is 0 Å². The Morgan fingerprint density at radius 2 is 2.17 bits per heavy atom. The minimum absolute atomic E-state index is 0.139. The Kier molecular flexibility index (Phi) is 3.66. The van der Waals surface area contributed by atoms with Crippen molar-refractivity contribution in [3.63, 3.8) is 0 Å². The van der Waals surface area contributed by atoms with Gasteiger partial charge in [0.2, 0.25) is 5.76 Å². The van der Waals surface area contributed by atoms with Crippen molar-refractivity contribution in [3.8, 4) is 0 Å². The summed E-state index contributed by atoms with van der Waals surface area (Å²) in [5.74, 6) is -1.25. The van der Waals surface area contributed by atoms with Crippen LogP contribution in [0.2, 0.25) is 0 Å². The van der Waals surface area contributed by atoms with Crippen molar-refractivity contribution in [2.24, 2.45) is 0 Å². The molecule has 0 saturated heterocycles. The lowest BCUT2D eigenvalue weighted by molar-refractivity contribution is 0.0660. The van der Waals surface area contributed by atoms with Gasteiger partial charge >= 0.3 is 5.97 Å². The SMILES string of the molecule is O=C(O)c1ccc(CNc2c(F)cccc2Br)o1. The van der Waals surface area contributed by atoms with Gasteiger partial charge in [0.1, 0.15) is 11.6 Å². The number of para-hydroxylation sites is 1. The number of hydrogen-bond donors (Lipinski definition) is 2. The molecule has 0 radical (unpaired) electrons. The second kappa shape index (κ2) is 5.22. The van der Waals surface area contributed by atoms with E-state index in [-0.39, 0.29) is 12.3 Å². The Hall–Kier alpha value is -1.82. The van der Waals surface area contributed by atoms with Crippen molar-refractivity contribution >= 4 is 27.6 Å². The molecular weight excluding hydrogens is 305 g/mol. The molecule has 0 spiro atoms. The fourth-order valence-electron chi connectivity index (χ4n) is 1.43. The average molecular weight is 314 g/mol. The number of hydrogen-bond acceptors (Lipinski definition) is 3. The zero-order chi connectivity index (χ0) is 13.1. The van der Waals surface area contributed by atoms with Gasteiger partial charge in [-0.05, 0) is 40.2 Å². The summed E-state index contributed by atoms with van der Waals surface area (Å²) in [6.07, 6.45) is 0. The average Bonchev–Trinajstić information content (AvgIpc) is 2.77. The van der Waals surface area contributed by atoms with E-state index in [1.165, 1.54) is 18.2 Å². The smallest absolute Gasteiger partial charge is 0.371 e. The van der Waals surface area contributed by atoms with Crippen molar-refractivity contribution in [2.75, 3.05) is 5.32 Å². The molecular formula is C12H9BrFNO3. The Labute approximate surface area is 111 Å². The maximum absolute atomic E-state index is 13.5. The van der Waals surface area contributed by atoms with Crippen LogP contribution in [0.3, 0.4) is 0 Å². The van der Waals surface area contributed by atoms with Crippen LogP contribution in [-0.4, -0.2) is 11.1 Å². The van der Waals surface area contributed by atoms with Crippen molar-refractivity contribution in [2.45, 2.75) is 6.54 Å². The van der Waals surface area contributed by atoms with Gasteiger partial charge in [0.05, 0.1) is 12.2 Å². The standard InChI is InChI=1S/C12H9BrFNO3/c13-8-2-1-3-9(14)11(8)15-6-7-4-5-10(18-7)12(16)17/h1-5,15H,6H2,(H,16,17). The van der Waals surface area contributed by atoms with Crippen molar-refractivity contribution < 1.29 is 18.7 Å². The molecule has 0 amide bonds. The normalized spacial score (nSPS) is 10.3.